The molecule has 1 heterocycles. The molecule has 72 valence electrons. The number of halogens is 1. The van der Waals surface area contributed by atoms with Gasteiger partial charge in [-0.05, 0) is 19.1 Å². The highest BCUT2D eigenvalue weighted by Crippen LogP contribution is 2.31. The molecule has 0 radical (unpaired) electrons. The molecule has 0 spiro atoms. The van der Waals surface area contributed by atoms with Gasteiger partial charge in [-0.1, -0.05) is 0 Å². The molecule has 2 rings (SSSR count). The molecule has 0 fully saturated rings. The summed E-state index contributed by atoms with van der Waals surface area (Å²) in [5.74, 6) is -0.739. The van der Waals surface area contributed by atoms with Gasteiger partial charge < -0.3 is 0 Å². The summed E-state index contributed by atoms with van der Waals surface area (Å²) in [5, 5.41) is 10.8. The molecule has 1 aromatic heterocycles. The van der Waals surface area contributed by atoms with Gasteiger partial charge in [0.15, 0.2) is 0 Å². The minimum Gasteiger partial charge on any atom is -0.258 e. The van der Waals surface area contributed by atoms with Gasteiger partial charge in [-0.15, -0.1) is 11.3 Å². The van der Waals surface area contributed by atoms with Crippen molar-refractivity contribution in [1.82, 2.24) is 0 Å². The lowest BCUT2D eigenvalue weighted by molar-refractivity contribution is -0.387. The second-order valence-corrected chi connectivity index (χ2v) is 4.21. The lowest BCUT2D eigenvalue weighted by Crippen LogP contribution is -1.91. The summed E-state index contributed by atoms with van der Waals surface area (Å²) in [6, 6.07) is 4.41. The van der Waals surface area contributed by atoms with E-state index in [9.17, 15) is 14.5 Å². The van der Waals surface area contributed by atoms with Crippen molar-refractivity contribution in [3.8, 4) is 0 Å². The molecule has 0 amide bonds. The van der Waals surface area contributed by atoms with Crippen LogP contribution in [0.5, 0.6) is 0 Å². The average molecular weight is 211 g/mol. The van der Waals surface area contributed by atoms with Crippen molar-refractivity contribution in [2.45, 2.75) is 6.92 Å². The highest BCUT2D eigenvalue weighted by Gasteiger charge is 2.17. The molecule has 3 nitrogen and oxygen atoms in total. The second-order valence-electron chi connectivity index (χ2n) is 2.92. The second kappa shape index (κ2) is 3.02. The van der Waals surface area contributed by atoms with Crippen LogP contribution in [-0.2, 0) is 0 Å². The minimum absolute atomic E-state index is 0.335. The third-order valence-corrected chi connectivity index (χ3v) is 2.95. The molecule has 0 aliphatic carbocycles. The van der Waals surface area contributed by atoms with E-state index in [1.807, 2.05) is 6.92 Å². The van der Waals surface area contributed by atoms with E-state index in [1.54, 1.807) is 12.1 Å². The van der Waals surface area contributed by atoms with Crippen LogP contribution in [0, 0.1) is 22.9 Å². The van der Waals surface area contributed by atoms with Gasteiger partial charge in [-0.25, -0.2) is 0 Å². The standard InChI is InChI=1S/C9H6FNO2S/c1-5-4-6-8(14-5)3-2-7(9(6)10)11(12)13/h2-4H,1H3. The largest absolute Gasteiger partial charge is 0.305 e. The summed E-state index contributed by atoms with van der Waals surface area (Å²) >= 11 is 1.42. The smallest absolute Gasteiger partial charge is 0.258 e. The van der Waals surface area contributed by atoms with Crippen LogP contribution < -0.4 is 0 Å². The Balaban J connectivity index is 2.80. The number of benzene rings is 1. The van der Waals surface area contributed by atoms with Crippen LogP contribution in [0.4, 0.5) is 10.1 Å². The fourth-order valence-electron chi connectivity index (χ4n) is 1.33. The molecule has 14 heavy (non-hydrogen) atoms. The van der Waals surface area contributed by atoms with Gasteiger partial charge >= 0.3 is 5.69 Å². The number of aryl methyl sites for hydroxylation is 1. The van der Waals surface area contributed by atoms with Crippen molar-refractivity contribution >= 4 is 27.1 Å². The quantitative estimate of drug-likeness (QED) is 0.536. The summed E-state index contributed by atoms with van der Waals surface area (Å²) in [6.45, 7) is 1.84. The fraction of sp³-hybridized carbons (Fsp3) is 0.111. The Morgan fingerprint density at radius 1 is 1.50 bits per heavy atom. The molecule has 0 aliphatic heterocycles. The van der Waals surface area contributed by atoms with E-state index in [0.717, 1.165) is 9.58 Å². The number of fused-ring (bicyclic) bond motifs is 1. The average Bonchev–Trinajstić information content (AvgIpc) is 2.46. The minimum atomic E-state index is -0.739. The third-order valence-electron chi connectivity index (χ3n) is 1.93. The van der Waals surface area contributed by atoms with E-state index in [1.165, 1.54) is 17.4 Å². The summed E-state index contributed by atoms with van der Waals surface area (Å²) < 4.78 is 14.2. The van der Waals surface area contributed by atoms with Crippen LogP contribution in [-0.4, -0.2) is 4.92 Å². The molecule has 0 saturated carbocycles. The van der Waals surface area contributed by atoms with Crippen molar-refractivity contribution in [1.29, 1.82) is 0 Å². The maximum Gasteiger partial charge on any atom is 0.305 e. The predicted molar refractivity (Wildman–Crippen MR) is 53.2 cm³/mol. The van der Waals surface area contributed by atoms with Gasteiger partial charge in [0.2, 0.25) is 5.82 Å². The monoisotopic (exact) mass is 211 g/mol. The molecule has 0 N–H and O–H groups in total. The topological polar surface area (TPSA) is 43.1 Å². The van der Waals surface area contributed by atoms with Gasteiger partial charge in [-0.2, -0.15) is 4.39 Å². The van der Waals surface area contributed by atoms with Crippen LogP contribution in [0.15, 0.2) is 18.2 Å². The predicted octanol–water partition coefficient (Wildman–Crippen LogP) is 3.26. The Labute approximate surface area is 82.9 Å². The van der Waals surface area contributed by atoms with E-state index in [2.05, 4.69) is 0 Å². The number of thiophene rings is 1. The van der Waals surface area contributed by atoms with Gasteiger partial charge in [0.05, 0.1) is 4.92 Å². The first-order chi connectivity index (χ1) is 6.59. The molecule has 2 aromatic rings. The number of hydrogen-bond acceptors (Lipinski definition) is 3. The molecule has 0 saturated heterocycles. The Morgan fingerprint density at radius 2 is 2.21 bits per heavy atom. The normalized spacial score (nSPS) is 10.7. The van der Waals surface area contributed by atoms with E-state index in [-0.39, 0.29) is 0 Å². The summed E-state index contributed by atoms with van der Waals surface area (Å²) in [6.07, 6.45) is 0. The molecule has 0 unspecified atom stereocenters. The van der Waals surface area contributed by atoms with E-state index < -0.39 is 16.4 Å². The molecular weight excluding hydrogens is 205 g/mol. The maximum atomic E-state index is 13.5. The van der Waals surface area contributed by atoms with Gasteiger partial charge in [0.1, 0.15) is 0 Å². The van der Waals surface area contributed by atoms with Crippen LogP contribution in [0.25, 0.3) is 10.1 Å². The molecule has 5 heteroatoms. The fourth-order valence-corrected chi connectivity index (χ4v) is 2.25. The summed E-state index contributed by atoms with van der Waals surface area (Å²) in [5.41, 5.74) is -0.463. The molecule has 0 bridgehead atoms. The molecule has 0 atom stereocenters. The van der Waals surface area contributed by atoms with E-state index in [4.69, 9.17) is 0 Å². The highest BCUT2D eigenvalue weighted by atomic mass is 32.1. The van der Waals surface area contributed by atoms with Crippen molar-refractivity contribution in [3.63, 3.8) is 0 Å². The maximum absolute atomic E-state index is 13.5. The lowest BCUT2D eigenvalue weighted by Gasteiger charge is -1.94. The Hall–Kier alpha value is -1.49. The molecule has 1 aromatic carbocycles. The van der Waals surface area contributed by atoms with Gasteiger partial charge in [0, 0.05) is 21.0 Å². The first-order valence-corrected chi connectivity index (χ1v) is 4.74. The number of hydrogen-bond donors (Lipinski definition) is 0. The van der Waals surface area contributed by atoms with Crippen LogP contribution in [0.1, 0.15) is 4.88 Å². The zero-order valence-electron chi connectivity index (χ0n) is 7.28. The van der Waals surface area contributed by atoms with Crippen LogP contribution in [0.3, 0.4) is 0 Å². The zero-order valence-corrected chi connectivity index (χ0v) is 8.10. The van der Waals surface area contributed by atoms with E-state index >= 15 is 0 Å². The van der Waals surface area contributed by atoms with Gasteiger partial charge in [0.25, 0.3) is 0 Å². The first kappa shape index (κ1) is 9.08. The number of nitrogens with zero attached hydrogens (tertiary/aromatic N) is 1. The summed E-state index contributed by atoms with van der Waals surface area (Å²) in [4.78, 5) is 10.7. The number of nitro benzene ring substituents is 1. The Bertz CT molecular complexity index is 521. The van der Waals surface area contributed by atoms with Crippen molar-refractivity contribution < 1.29 is 9.31 Å². The van der Waals surface area contributed by atoms with Gasteiger partial charge in [-0.3, -0.25) is 10.1 Å². The third kappa shape index (κ3) is 1.26. The molecular formula is C9H6FNO2S. The SMILES string of the molecule is Cc1cc2c(F)c([N+](=O)[O-])ccc2s1. The Kier molecular flexibility index (Phi) is 1.96. The van der Waals surface area contributed by atoms with Crippen LogP contribution in [0.2, 0.25) is 0 Å². The number of nitro groups is 1. The molecule has 0 aliphatic rings. The summed E-state index contributed by atoms with van der Waals surface area (Å²) in [7, 11) is 0. The number of rotatable bonds is 1. The van der Waals surface area contributed by atoms with Crippen LogP contribution >= 0.6 is 11.3 Å². The lowest BCUT2D eigenvalue weighted by atomic mass is 10.2. The van der Waals surface area contributed by atoms with Crippen molar-refractivity contribution in [2.24, 2.45) is 0 Å². The first-order valence-electron chi connectivity index (χ1n) is 3.92. The van der Waals surface area contributed by atoms with Crippen molar-refractivity contribution in [2.75, 3.05) is 0 Å². The van der Waals surface area contributed by atoms with E-state index in [0.29, 0.717) is 5.39 Å². The van der Waals surface area contributed by atoms with Crippen molar-refractivity contribution in [3.05, 3.63) is 39.0 Å². The zero-order chi connectivity index (χ0) is 10.3. The Morgan fingerprint density at radius 3 is 2.86 bits per heavy atom. The highest BCUT2D eigenvalue weighted by molar-refractivity contribution is 7.19.